The number of carbonyl (C=O) groups is 1. The Morgan fingerprint density at radius 3 is 2.17 bits per heavy atom. The van der Waals surface area contributed by atoms with Gasteiger partial charge in [0.25, 0.3) is 0 Å². The van der Waals surface area contributed by atoms with Gasteiger partial charge in [-0.15, -0.1) is 0 Å². The van der Waals surface area contributed by atoms with Crippen LogP contribution < -0.4 is 9.47 Å². The quantitative estimate of drug-likeness (QED) is 0.844. The highest BCUT2D eigenvalue weighted by atomic mass is 16.5. The zero-order valence-corrected chi connectivity index (χ0v) is 14.3. The average molecular weight is 312 g/mol. The van der Waals surface area contributed by atoms with Gasteiger partial charge in [0.15, 0.2) is 11.5 Å². The lowest BCUT2D eigenvalue weighted by molar-refractivity contribution is -0.119. The number of carbonyl (C=O) groups excluding carboxylic acids is 1. The van der Waals surface area contributed by atoms with E-state index in [9.17, 15) is 4.79 Å². The molecule has 0 amide bonds. The van der Waals surface area contributed by atoms with Crippen LogP contribution in [0.5, 0.6) is 11.5 Å². The molecule has 23 heavy (non-hydrogen) atoms. The molecule has 0 aromatic heterocycles. The fourth-order valence-corrected chi connectivity index (χ4v) is 3.02. The zero-order chi connectivity index (χ0) is 16.8. The number of ketones is 1. The van der Waals surface area contributed by atoms with Crippen molar-refractivity contribution in [2.75, 3.05) is 14.2 Å². The molecule has 0 radical (unpaired) electrons. The second-order valence-corrected chi connectivity index (χ2v) is 5.29. The van der Waals surface area contributed by atoms with E-state index in [0.717, 1.165) is 5.56 Å². The molecule has 3 heteroatoms. The van der Waals surface area contributed by atoms with Crippen LogP contribution in [0.2, 0.25) is 0 Å². The predicted octanol–water partition coefficient (Wildman–Crippen LogP) is 4.38. The molecule has 3 rings (SSSR count). The molecule has 122 valence electrons. The number of rotatable bonds is 3. The standard InChI is InChI=1S/C18H18O3.C2H6/c1-20-17-9-13-8-14(19)10-15(12-6-4-3-5-7-12)16(13)11-18(17)21-2;1-2/h3-7,9,11,15H,8,10H2,1-2H3;1-2H3. The highest BCUT2D eigenvalue weighted by Gasteiger charge is 2.28. The number of hydrogen-bond donors (Lipinski definition) is 0. The Balaban J connectivity index is 0.000000924. The Kier molecular flexibility index (Phi) is 5.80. The summed E-state index contributed by atoms with van der Waals surface area (Å²) >= 11 is 0. The molecule has 1 aliphatic carbocycles. The summed E-state index contributed by atoms with van der Waals surface area (Å²) in [5.74, 6) is 1.76. The zero-order valence-electron chi connectivity index (χ0n) is 14.3. The van der Waals surface area contributed by atoms with Gasteiger partial charge in [-0.25, -0.2) is 0 Å². The third-order valence-electron chi connectivity index (χ3n) is 4.04. The second kappa shape index (κ2) is 7.82. The maximum atomic E-state index is 12.1. The molecule has 2 aromatic rings. The third kappa shape index (κ3) is 3.55. The van der Waals surface area contributed by atoms with Crippen molar-refractivity contribution >= 4 is 5.78 Å². The fraction of sp³-hybridized carbons (Fsp3) is 0.350. The van der Waals surface area contributed by atoms with Gasteiger partial charge < -0.3 is 9.47 Å². The van der Waals surface area contributed by atoms with Crippen LogP contribution in [-0.4, -0.2) is 20.0 Å². The topological polar surface area (TPSA) is 35.5 Å². The van der Waals surface area contributed by atoms with E-state index in [1.165, 1.54) is 11.1 Å². The van der Waals surface area contributed by atoms with E-state index in [2.05, 4.69) is 12.1 Å². The van der Waals surface area contributed by atoms with E-state index in [4.69, 9.17) is 9.47 Å². The van der Waals surface area contributed by atoms with E-state index in [1.807, 2.05) is 44.2 Å². The van der Waals surface area contributed by atoms with Crippen LogP contribution in [0.15, 0.2) is 42.5 Å². The smallest absolute Gasteiger partial charge is 0.161 e. The van der Waals surface area contributed by atoms with Crippen LogP contribution in [0.4, 0.5) is 0 Å². The first-order valence-corrected chi connectivity index (χ1v) is 8.04. The summed E-state index contributed by atoms with van der Waals surface area (Å²) in [5.41, 5.74) is 3.37. The molecule has 0 aliphatic heterocycles. The number of hydrogen-bond acceptors (Lipinski definition) is 3. The Morgan fingerprint density at radius 2 is 1.57 bits per heavy atom. The minimum absolute atomic E-state index is 0.0993. The molecule has 0 bridgehead atoms. The van der Waals surface area contributed by atoms with E-state index in [0.29, 0.717) is 24.3 Å². The van der Waals surface area contributed by atoms with Crippen molar-refractivity contribution in [3.8, 4) is 11.5 Å². The van der Waals surface area contributed by atoms with Crippen molar-refractivity contribution in [2.24, 2.45) is 0 Å². The number of benzene rings is 2. The molecule has 2 aromatic carbocycles. The molecule has 3 nitrogen and oxygen atoms in total. The van der Waals surface area contributed by atoms with Crippen LogP contribution >= 0.6 is 0 Å². The lowest BCUT2D eigenvalue weighted by Crippen LogP contribution is -2.19. The maximum Gasteiger partial charge on any atom is 0.161 e. The highest BCUT2D eigenvalue weighted by molar-refractivity contribution is 5.85. The molecular weight excluding hydrogens is 288 g/mol. The van der Waals surface area contributed by atoms with Crippen molar-refractivity contribution in [3.63, 3.8) is 0 Å². The average Bonchev–Trinajstić information content (AvgIpc) is 2.62. The first-order valence-electron chi connectivity index (χ1n) is 8.04. The van der Waals surface area contributed by atoms with Crippen molar-refractivity contribution in [1.82, 2.24) is 0 Å². The summed E-state index contributed by atoms with van der Waals surface area (Å²) in [6, 6.07) is 14.1. The predicted molar refractivity (Wildman–Crippen MR) is 92.5 cm³/mol. The van der Waals surface area contributed by atoms with Crippen molar-refractivity contribution in [2.45, 2.75) is 32.6 Å². The third-order valence-corrected chi connectivity index (χ3v) is 4.04. The Labute approximate surface area is 138 Å². The van der Waals surface area contributed by atoms with Gasteiger partial charge in [-0.1, -0.05) is 44.2 Å². The summed E-state index contributed by atoms with van der Waals surface area (Å²) in [4.78, 5) is 12.1. The van der Waals surface area contributed by atoms with E-state index >= 15 is 0 Å². The molecule has 1 unspecified atom stereocenters. The molecule has 0 fully saturated rings. The first kappa shape index (κ1) is 17.1. The minimum atomic E-state index is 0.0993. The fourth-order valence-electron chi connectivity index (χ4n) is 3.02. The Bertz CT molecular complexity index is 662. The first-order chi connectivity index (χ1) is 11.2. The van der Waals surface area contributed by atoms with Gasteiger partial charge in [-0.3, -0.25) is 4.79 Å². The Morgan fingerprint density at radius 1 is 0.957 bits per heavy atom. The summed E-state index contributed by atoms with van der Waals surface area (Å²) in [6.45, 7) is 4.00. The monoisotopic (exact) mass is 312 g/mol. The normalized spacial score (nSPS) is 16.0. The summed E-state index contributed by atoms with van der Waals surface area (Å²) in [6.07, 6.45) is 1.02. The largest absolute Gasteiger partial charge is 0.493 e. The van der Waals surface area contributed by atoms with Gasteiger partial charge >= 0.3 is 0 Å². The van der Waals surface area contributed by atoms with E-state index < -0.39 is 0 Å². The van der Waals surface area contributed by atoms with Crippen LogP contribution in [-0.2, 0) is 11.2 Å². The number of fused-ring (bicyclic) bond motifs is 1. The number of Topliss-reactive ketones (excluding diaryl/α,β-unsaturated/α-hetero) is 1. The van der Waals surface area contributed by atoms with Crippen LogP contribution in [0.3, 0.4) is 0 Å². The Hall–Kier alpha value is -2.29. The summed E-state index contributed by atoms with van der Waals surface area (Å²) in [7, 11) is 3.25. The molecule has 1 aliphatic rings. The molecular formula is C20H24O3. The molecule has 0 spiro atoms. The molecule has 0 saturated heterocycles. The van der Waals surface area contributed by atoms with Crippen molar-refractivity contribution in [3.05, 3.63) is 59.2 Å². The van der Waals surface area contributed by atoms with E-state index in [-0.39, 0.29) is 11.7 Å². The SMILES string of the molecule is CC.COc1cc2c(cc1OC)C(c1ccccc1)CC(=O)C2. The van der Waals surface area contributed by atoms with Crippen LogP contribution in [0, 0.1) is 0 Å². The van der Waals surface area contributed by atoms with Gasteiger partial charge in [0.05, 0.1) is 14.2 Å². The molecule has 0 saturated carbocycles. The van der Waals surface area contributed by atoms with Gasteiger partial charge in [-0.05, 0) is 28.8 Å². The van der Waals surface area contributed by atoms with Crippen molar-refractivity contribution in [1.29, 1.82) is 0 Å². The second-order valence-electron chi connectivity index (χ2n) is 5.29. The van der Waals surface area contributed by atoms with E-state index in [1.54, 1.807) is 14.2 Å². The van der Waals surface area contributed by atoms with Gasteiger partial charge in [0.1, 0.15) is 5.78 Å². The van der Waals surface area contributed by atoms with Crippen LogP contribution in [0.1, 0.15) is 42.9 Å². The summed E-state index contributed by atoms with van der Waals surface area (Å²) < 4.78 is 10.7. The van der Waals surface area contributed by atoms with Gasteiger partial charge in [-0.2, -0.15) is 0 Å². The van der Waals surface area contributed by atoms with Gasteiger partial charge in [0, 0.05) is 18.8 Å². The lowest BCUT2D eigenvalue weighted by atomic mass is 9.78. The van der Waals surface area contributed by atoms with Crippen LogP contribution in [0.25, 0.3) is 0 Å². The highest BCUT2D eigenvalue weighted by Crippen LogP contribution is 2.40. The lowest BCUT2D eigenvalue weighted by Gasteiger charge is -2.26. The minimum Gasteiger partial charge on any atom is -0.493 e. The van der Waals surface area contributed by atoms with Crippen molar-refractivity contribution < 1.29 is 14.3 Å². The number of methoxy groups -OCH3 is 2. The molecule has 0 heterocycles. The molecule has 1 atom stereocenters. The number of ether oxygens (including phenoxy) is 2. The maximum absolute atomic E-state index is 12.1. The van der Waals surface area contributed by atoms with Gasteiger partial charge in [0.2, 0.25) is 0 Å². The summed E-state index contributed by atoms with van der Waals surface area (Å²) in [5, 5.41) is 0. The molecule has 0 N–H and O–H groups in total.